The Bertz CT molecular complexity index is 1320. The lowest BCUT2D eigenvalue weighted by molar-refractivity contribution is -0.330. The minimum atomic E-state index is -1.50. The monoisotopic (exact) mass is 788 g/mol. The first-order chi connectivity index (χ1) is 25.8. The van der Waals surface area contributed by atoms with Crippen molar-refractivity contribution in [3.8, 4) is 0 Å². The topological polar surface area (TPSA) is 248 Å². The summed E-state index contributed by atoms with van der Waals surface area (Å²) >= 11 is 0. The van der Waals surface area contributed by atoms with E-state index < -0.39 is 108 Å². The second kappa shape index (κ2) is 16.7. The quantitative estimate of drug-likeness (QED) is 0.118. The molecule has 6 aliphatic rings. The minimum Gasteiger partial charge on any atom is -0.393 e. The molecule has 0 bridgehead atoms. The Morgan fingerprint density at radius 1 is 0.727 bits per heavy atom. The first-order valence-corrected chi connectivity index (χ1v) is 20.4. The third-order valence-corrected chi connectivity index (χ3v) is 15.2. The molecule has 0 aromatic heterocycles. The summed E-state index contributed by atoms with van der Waals surface area (Å²) in [5.41, 5.74) is -2.75. The fourth-order valence-corrected chi connectivity index (χ4v) is 12.3. The molecule has 6 fully saturated rings. The Kier molecular flexibility index (Phi) is 13.2. The van der Waals surface area contributed by atoms with Crippen molar-refractivity contribution in [3.05, 3.63) is 12.2 Å². The van der Waals surface area contributed by atoms with Crippen LogP contribution in [0.25, 0.3) is 0 Å². The summed E-state index contributed by atoms with van der Waals surface area (Å²) < 4.78 is 28.4. The largest absolute Gasteiger partial charge is 0.393 e. The Morgan fingerprint density at radius 2 is 1.40 bits per heavy atom. The molecule has 22 atom stereocenters. The SMILES string of the molecule is COC1C(OC2OCC(O)C(O)C2O)COC(OCC[C@@H](/C=C/[C@@H](C)[C@H]2[C@@H](O)[C@@H](O)C3[C@]4(O)C[C@H](O)C5[C@@H](O)[C@@H](O)CC[C@]5(C)C4CC[C@@]32C)C(C)C)C1O. The number of hydrogen-bond acceptors (Lipinski definition) is 15. The molecule has 10 N–H and O–H groups in total. The van der Waals surface area contributed by atoms with E-state index in [2.05, 4.69) is 26.0 Å². The predicted octanol–water partition coefficient (Wildman–Crippen LogP) is -0.568. The molecule has 0 amide bonds. The van der Waals surface area contributed by atoms with Gasteiger partial charge in [0.1, 0.15) is 36.6 Å². The summed E-state index contributed by atoms with van der Waals surface area (Å²) in [5.74, 6) is -1.89. The highest BCUT2D eigenvalue weighted by Gasteiger charge is 2.73. The maximum Gasteiger partial charge on any atom is 0.186 e. The first kappa shape index (κ1) is 43.7. The summed E-state index contributed by atoms with van der Waals surface area (Å²) in [4.78, 5) is 0. The third-order valence-electron chi connectivity index (χ3n) is 15.2. The normalized spacial score (nSPS) is 52.8. The second-order valence-corrected chi connectivity index (χ2v) is 18.6. The number of aliphatic hydroxyl groups excluding tert-OH is 9. The molecular formula is C40H68O15. The molecule has 55 heavy (non-hydrogen) atoms. The molecule has 0 radical (unpaired) electrons. The highest BCUT2D eigenvalue weighted by Crippen LogP contribution is 2.69. The Balaban J connectivity index is 1.08. The van der Waals surface area contributed by atoms with Crippen LogP contribution in [0.15, 0.2) is 12.2 Å². The Labute approximate surface area is 324 Å². The van der Waals surface area contributed by atoms with Crippen LogP contribution in [-0.2, 0) is 23.7 Å². The van der Waals surface area contributed by atoms with Crippen LogP contribution in [0.3, 0.4) is 0 Å². The van der Waals surface area contributed by atoms with E-state index in [1.165, 1.54) is 7.11 Å². The van der Waals surface area contributed by atoms with Crippen molar-refractivity contribution in [1.82, 2.24) is 0 Å². The number of rotatable bonds is 11. The smallest absolute Gasteiger partial charge is 0.186 e. The third kappa shape index (κ3) is 7.61. The number of aliphatic hydroxyl groups is 10. The zero-order valence-corrected chi connectivity index (χ0v) is 33.1. The van der Waals surface area contributed by atoms with E-state index in [4.69, 9.17) is 23.7 Å². The summed E-state index contributed by atoms with van der Waals surface area (Å²) in [7, 11) is 1.40. The fourth-order valence-electron chi connectivity index (χ4n) is 12.3. The van der Waals surface area contributed by atoms with Gasteiger partial charge in [0.25, 0.3) is 0 Å². The highest BCUT2D eigenvalue weighted by atomic mass is 16.7. The summed E-state index contributed by atoms with van der Waals surface area (Å²) in [6, 6.07) is 0. The van der Waals surface area contributed by atoms with Crippen LogP contribution in [0.2, 0.25) is 0 Å². The van der Waals surface area contributed by atoms with E-state index in [0.717, 1.165) is 0 Å². The van der Waals surface area contributed by atoms with Gasteiger partial charge in [0.05, 0.1) is 55.9 Å². The van der Waals surface area contributed by atoms with Crippen molar-refractivity contribution in [2.24, 2.45) is 52.3 Å². The van der Waals surface area contributed by atoms with Crippen molar-refractivity contribution < 1.29 is 74.7 Å². The van der Waals surface area contributed by atoms with Crippen LogP contribution < -0.4 is 0 Å². The summed E-state index contributed by atoms with van der Waals surface area (Å²) in [5, 5.41) is 110. The lowest BCUT2D eigenvalue weighted by atomic mass is 9.41. The van der Waals surface area contributed by atoms with Gasteiger partial charge in [0.2, 0.25) is 0 Å². The molecule has 11 unspecified atom stereocenters. The lowest BCUT2D eigenvalue weighted by Gasteiger charge is -2.66. The van der Waals surface area contributed by atoms with Crippen molar-refractivity contribution >= 4 is 0 Å². The number of methoxy groups -OCH3 is 1. The van der Waals surface area contributed by atoms with E-state index in [0.29, 0.717) is 32.1 Å². The molecule has 2 heterocycles. The van der Waals surface area contributed by atoms with Crippen molar-refractivity contribution in [2.45, 2.75) is 158 Å². The summed E-state index contributed by atoms with van der Waals surface area (Å²) in [6.45, 7) is 10.2. The molecule has 2 saturated heterocycles. The molecule has 0 aromatic rings. The maximum absolute atomic E-state index is 12.6. The second-order valence-electron chi connectivity index (χ2n) is 18.6. The molecule has 15 nitrogen and oxygen atoms in total. The van der Waals surface area contributed by atoms with Gasteiger partial charge in [-0.2, -0.15) is 0 Å². The first-order valence-electron chi connectivity index (χ1n) is 20.4. The fraction of sp³-hybridized carbons (Fsp3) is 0.950. The van der Waals surface area contributed by atoms with Gasteiger partial charge in [0, 0.05) is 25.4 Å². The summed E-state index contributed by atoms with van der Waals surface area (Å²) in [6.07, 6.45) is -7.96. The molecule has 15 heteroatoms. The van der Waals surface area contributed by atoms with Gasteiger partial charge in [-0.1, -0.05) is 46.8 Å². The Hall–Kier alpha value is -0.860. The zero-order valence-electron chi connectivity index (χ0n) is 33.1. The maximum atomic E-state index is 12.6. The lowest BCUT2D eigenvalue weighted by Crippen LogP contribution is -2.71. The van der Waals surface area contributed by atoms with Crippen molar-refractivity contribution in [1.29, 1.82) is 0 Å². The van der Waals surface area contributed by atoms with E-state index in [1.807, 2.05) is 20.8 Å². The molecule has 2 aliphatic heterocycles. The Morgan fingerprint density at radius 3 is 2.07 bits per heavy atom. The van der Waals surface area contributed by atoms with Crippen LogP contribution in [0, 0.1) is 52.3 Å². The van der Waals surface area contributed by atoms with Gasteiger partial charge < -0.3 is 74.7 Å². The van der Waals surface area contributed by atoms with Gasteiger partial charge in [0.15, 0.2) is 12.6 Å². The molecule has 4 saturated carbocycles. The molecule has 0 spiro atoms. The molecule has 0 aromatic carbocycles. The van der Waals surface area contributed by atoms with E-state index in [-0.39, 0.29) is 55.8 Å². The van der Waals surface area contributed by atoms with Gasteiger partial charge >= 0.3 is 0 Å². The van der Waals surface area contributed by atoms with Crippen molar-refractivity contribution in [3.63, 3.8) is 0 Å². The average molecular weight is 789 g/mol. The van der Waals surface area contributed by atoms with Gasteiger partial charge in [-0.3, -0.25) is 0 Å². The molecule has 4 aliphatic carbocycles. The van der Waals surface area contributed by atoms with Crippen LogP contribution in [-0.4, -0.2) is 163 Å². The van der Waals surface area contributed by atoms with Gasteiger partial charge in [-0.05, 0) is 72.5 Å². The number of allylic oxidation sites excluding steroid dienone is 2. The molecular weight excluding hydrogens is 720 g/mol. The number of fused-ring (bicyclic) bond motifs is 5. The average Bonchev–Trinajstić information content (AvgIpc) is 3.33. The molecule has 318 valence electrons. The predicted molar refractivity (Wildman–Crippen MR) is 195 cm³/mol. The zero-order chi connectivity index (χ0) is 40.4. The van der Waals surface area contributed by atoms with E-state index in [1.54, 1.807) is 0 Å². The highest BCUT2D eigenvalue weighted by molar-refractivity contribution is 5.23. The molecule has 6 rings (SSSR count). The van der Waals surface area contributed by atoms with Gasteiger partial charge in [-0.15, -0.1) is 0 Å². The number of ether oxygens (including phenoxy) is 5. The van der Waals surface area contributed by atoms with E-state index in [9.17, 15) is 51.1 Å². The van der Waals surface area contributed by atoms with Crippen LogP contribution in [0.5, 0.6) is 0 Å². The van der Waals surface area contributed by atoms with Gasteiger partial charge in [-0.25, -0.2) is 0 Å². The van der Waals surface area contributed by atoms with Crippen molar-refractivity contribution in [2.75, 3.05) is 26.9 Å². The number of hydrogen-bond donors (Lipinski definition) is 10. The minimum absolute atomic E-state index is 0.0382. The van der Waals surface area contributed by atoms with Crippen LogP contribution in [0.4, 0.5) is 0 Å². The van der Waals surface area contributed by atoms with E-state index >= 15 is 0 Å². The van der Waals surface area contributed by atoms with Crippen LogP contribution >= 0.6 is 0 Å². The standard InChI is InChI=1S/C40H68O15/c1-18(2)20(11-14-52-36-33(49)34(51-6)24(17-54-36)55-37-32(48)29(45)23(43)16-53-37)8-7-19(3)26-30(46)31(47)35-39(26,5)13-10-25-38(4)12-9-21(41)28(44)27(38)22(42)15-40(25,35)50/h7-8,18-37,41-50H,9-17H2,1-6H3/b8-7+/t19-,20-,21+,22+,23?,24?,25?,26+,27?,28+,29?,30-,31-,32?,33?,34?,35?,36?,37?,38-,39-,40+/m1/s1. The van der Waals surface area contributed by atoms with Crippen LogP contribution in [0.1, 0.15) is 73.1 Å².